The summed E-state index contributed by atoms with van der Waals surface area (Å²) in [4.78, 5) is 27.1. The van der Waals surface area contributed by atoms with Gasteiger partial charge in [0.25, 0.3) is 0 Å². The van der Waals surface area contributed by atoms with Crippen LogP contribution < -0.4 is 9.47 Å². The van der Waals surface area contributed by atoms with E-state index < -0.39 is 35.7 Å². The monoisotopic (exact) mass is 573 g/mol. The highest BCUT2D eigenvalue weighted by atomic mass is 19.1. The van der Waals surface area contributed by atoms with Crippen molar-refractivity contribution in [2.45, 2.75) is 38.0 Å². The van der Waals surface area contributed by atoms with E-state index in [0.29, 0.717) is 28.8 Å². The van der Waals surface area contributed by atoms with Crippen LogP contribution in [0.5, 0.6) is 5.75 Å². The molecule has 1 saturated heterocycles. The second-order valence-electron chi connectivity index (χ2n) is 10.5. The SMILES string of the molecule is C[n+]1ccc(CC(=O)OCc2ccc(C3C(CCC(O)c4ccc(F)cc4)C(=O)N3c3ccc(F)cc3)c(O)c2)cc1. The first-order valence-electron chi connectivity index (χ1n) is 13.6. The van der Waals surface area contributed by atoms with Crippen molar-refractivity contribution in [3.63, 3.8) is 0 Å². The van der Waals surface area contributed by atoms with Gasteiger partial charge in [-0.1, -0.05) is 24.3 Å². The molecule has 0 saturated carbocycles. The number of pyridine rings is 1. The summed E-state index contributed by atoms with van der Waals surface area (Å²) in [6.07, 6.45) is 3.45. The number of aromatic nitrogens is 1. The zero-order chi connectivity index (χ0) is 29.8. The number of aliphatic hydroxyl groups excluding tert-OH is 1. The lowest BCUT2D eigenvalue weighted by Crippen LogP contribution is -2.55. The zero-order valence-corrected chi connectivity index (χ0v) is 23.0. The van der Waals surface area contributed by atoms with Crippen LogP contribution in [0.1, 0.15) is 47.2 Å². The van der Waals surface area contributed by atoms with Gasteiger partial charge in [-0.15, -0.1) is 0 Å². The molecular formula is C33H31F2N2O5+. The van der Waals surface area contributed by atoms with Crippen molar-refractivity contribution in [1.82, 2.24) is 0 Å². The molecule has 1 amide bonds. The van der Waals surface area contributed by atoms with Crippen LogP contribution in [-0.2, 0) is 34.4 Å². The highest BCUT2D eigenvalue weighted by molar-refractivity contribution is 6.03. The van der Waals surface area contributed by atoms with Gasteiger partial charge in [0, 0.05) is 23.4 Å². The second kappa shape index (κ2) is 12.5. The molecule has 1 aromatic heterocycles. The van der Waals surface area contributed by atoms with Gasteiger partial charge in [-0.25, -0.2) is 13.3 Å². The Hall–Kier alpha value is -4.63. The average Bonchev–Trinajstić information content (AvgIpc) is 2.97. The van der Waals surface area contributed by atoms with Crippen LogP contribution in [0.2, 0.25) is 0 Å². The lowest BCUT2D eigenvalue weighted by Gasteiger charge is -2.48. The first-order chi connectivity index (χ1) is 20.2. The molecule has 3 aromatic carbocycles. The fourth-order valence-electron chi connectivity index (χ4n) is 5.22. The van der Waals surface area contributed by atoms with Crippen LogP contribution in [0, 0.1) is 17.6 Å². The summed E-state index contributed by atoms with van der Waals surface area (Å²) in [5.74, 6) is -2.11. The number of aromatic hydroxyl groups is 1. The predicted octanol–water partition coefficient (Wildman–Crippen LogP) is 5.00. The lowest BCUT2D eigenvalue weighted by atomic mass is 9.77. The van der Waals surface area contributed by atoms with Gasteiger partial charge in [-0.05, 0) is 72.0 Å². The van der Waals surface area contributed by atoms with E-state index in [2.05, 4.69) is 0 Å². The summed E-state index contributed by atoms with van der Waals surface area (Å²) in [6.45, 7) is -0.0359. The average molecular weight is 574 g/mol. The quantitative estimate of drug-likeness (QED) is 0.158. The van der Waals surface area contributed by atoms with Crippen molar-refractivity contribution in [2.75, 3.05) is 4.90 Å². The molecule has 2 N–H and O–H groups in total. The van der Waals surface area contributed by atoms with Crippen LogP contribution >= 0.6 is 0 Å². The molecule has 1 fully saturated rings. The van der Waals surface area contributed by atoms with Crippen molar-refractivity contribution in [3.8, 4) is 5.75 Å². The summed E-state index contributed by atoms with van der Waals surface area (Å²) < 4.78 is 34.2. The molecule has 3 unspecified atom stereocenters. The number of nitrogens with zero attached hydrogens (tertiary/aromatic N) is 2. The molecular weight excluding hydrogens is 542 g/mol. The number of β-lactam (4-membered cyclic amide) rings is 1. The molecule has 42 heavy (non-hydrogen) atoms. The molecule has 4 aromatic rings. The van der Waals surface area contributed by atoms with Gasteiger partial charge in [0.2, 0.25) is 5.91 Å². The Kier molecular flexibility index (Phi) is 8.59. The third-order valence-corrected chi connectivity index (χ3v) is 7.53. The van der Waals surface area contributed by atoms with Crippen LogP contribution in [-0.4, -0.2) is 22.1 Å². The number of aryl methyl sites for hydroxylation is 1. The largest absolute Gasteiger partial charge is 0.508 e. The van der Waals surface area contributed by atoms with Gasteiger partial charge >= 0.3 is 5.97 Å². The third-order valence-electron chi connectivity index (χ3n) is 7.53. The maximum atomic E-state index is 13.6. The van der Waals surface area contributed by atoms with Crippen LogP contribution in [0.25, 0.3) is 0 Å². The molecule has 0 aliphatic carbocycles. The predicted molar refractivity (Wildman–Crippen MR) is 150 cm³/mol. The number of anilines is 1. The summed E-state index contributed by atoms with van der Waals surface area (Å²) in [6, 6.07) is 19.1. The molecule has 7 nitrogen and oxygen atoms in total. The van der Waals surface area contributed by atoms with E-state index in [1.165, 1.54) is 59.5 Å². The van der Waals surface area contributed by atoms with Gasteiger partial charge in [0.1, 0.15) is 31.0 Å². The minimum atomic E-state index is -0.900. The van der Waals surface area contributed by atoms with E-state index >= 15 is 0 Å². The Morgan fingerprint density at radius 1 is 0.952 bits per heavy atom. The van der Waals surface area contributed by atoms with E-state index in [0.717, 1.165) is 5.56 Å². The Bertz CT molecular complexity index is 1560. The standard InChI is InChI=1S/C33H30F2N2O5/c1-36-16-14-21(15-17-36)19-31(40)42-20-22-2-11-27(30(39)18-22)32-28(12-13-29(38)23-3-5-24(34)6-4-23)33(41)37(32)26-9-7-25(35)8-10-26/h2-11,14-18,28-29,32,38H,12-13,19-20H2,1H3/p+1. The summed E-state index contributed by atoms with van der Waals surface area (Å²) in [5.41, 5.74) is 2.90. The topological polar surface area (TPSA) is 90.9 Å². The van der Waals surface area contributed by atoms with Crippen LogP contribution in [0.4, 0.5) is 14.5 Å². The van der Waals surface area contributed by atoms with Crippen molar-refractivity contribution in [1.29, 1.82) is 0 Å². The summed E-state index contributed by atoms with van der Waals surface area (Å²) >= 11 is 0. The number of benzene rings is 3. The second-order valence-corrected chi connectivity index (χ2v) is 10.5. The van der Waals surface area contributed by atoms with Gasteiger partial charge in [-0.3, -0.25) is 9.59 Å². The van der Waals surface area contributed by atoms with Gasteiger partial charge in [0.05, 0.1) is 24.5 Å². The van der Waals surface area contributed by atoms with Crippen LogP contribution in [0.3, 0.4) is 0 Å². The van der Waals surface area contributed by atoms with E-state index in [4.69, 9.17) is 4.74 Å². The minimum absolute atomic E-state index is 0.0359. The van der Waals surface area contributed by atoms with Crippen molar-refractivity contribution in [3.05, 3.63) is 125 Å². The number of carbonyl (C=O) groups excluding carboxylic acids is 2. The number of halogens is 2. The number of carbonyl (C=O) groups is 2. The highest BCUT2D eigenvalue weighted by Crippen LogP contribution is 2.48. The number of esters is 1. The molecule has 0 spiro atoms. The molecule has 2 heterocycles. The molecule has 9 heteroatoms. The van der Waals surface area contributed by atoms with Crippen molar-refractivity contribution < 1.29 is 37.9 Å². The number of hydrogen-bond donors (Lipinski definition) is 2. The third kappa shape index (κ3) is 6.47. The Morgan fingerprint density at radius 3 is 2.24 bits per heavy atom. The van der Waals surface area contributed by atoms with E-state index in [1.54, 1.807) is 12.1 Å². The fraction of sp³-hybridized carbons (Fsp3) is 0.242. The van der Waals surface area contributed by atoms with Crippen LogP contribution in [0.15, 0.2) is 91.3 Å². The number of phenols is 1. The number of rotatable bonds is 10. The molecule has 3 atom stereocenters. The normalized spacial score (nSPS) is 17.0. The number of hydrogen-bond acceptors (Lipinski definition) is 5. The molecule has 216 valence electrons. The summed E-state index contributed by atoms with van der Waals surface area (Å²) in [7, 11) is 1.89. The first kappa shape index (κ1) is 28.9. The minimum Gasteiger partial charge on any atom is -0.508 e. The Labute approximate surface area is 242 Å². The highest BCUT2D eigenvalue weighted by Gasteiger charge is 2.49. The maximum Gasteiger partial charge on any atom is 0.310 e. The number of amides is 1. The molecule has 5 rings (SSSR count). The Balaban J connectivity index is 1.30. The van der Waals surface area contributed by atoms with E-state index in [-0.39, 0.29) is 31.1 Å². The Morgan fingerprint density at radius 2 is 1.60 bits per heavy atom. The molecule has 1 aliphatic heterocycles. The van der Waals surface area contributed by atoms with Gasteiger partial charge in [0.15, 0.2) is 12.4 Å². The van der Waals surface area contributed by atoms with Gasteiger partial charge < -0.3 is 19.8 Å². The van der Waals surface area contributed by atoms with E-state index in [9.17, 15) is 28.6 Å². The first-order valence-corrected chi connectivity index (χ1v) is 13.6. The number of phenolic OH excluding ortho intramolecular Hbond substituents is 1. The van der Waals surface area contributed by atoms with Crippen molar-refractivity contribution >= 4 is 17.6 Å². The fourth-order valence-corrected chi connectivity index (χ4v) is 5.22. The number of aliphatic hydroxyl groups is 1. The van der Waals surface area contributed by atoms with Gasteiger partial charge in [-0.2, -0.15) is 0 Å². The molecule has 0 bridgehead atoms. The van der Waals surface area contributed by atoms with E-state index in [1.807, 2.05) is 36.1 Å². The smallest absolute Gasteiger partial charge is 0.310 e. The summed E-state index contributed by atoms with van der Waals surface area (Å²) in [5, 5.41) is 21.7. The number of ether oxygens (including phenoxy) is 1. The molecule has 0 radical (unpaired) electrons. The lowest BCUT2D eigenvalue weighted by molar-refractivity contribution is -0.671. The zero-order valence-electron chi connectivity index (χ0n) is 23.0. The molecule has 1 aliphatic rings. The maximum absolute atomic E-state index is 13.6. The van der Waals surface area contributed by atoms with Crippen molar-refractivity contribution in [2.24, 2.45) is 13.0 Å².